The van der Waals surface area contributed by atoms with Crippen molar-refractivity contribution in [2.75, 3.05) is 0 Å². The van der Waals surface area contributed by atoms with Gasteiger partial charge in [0.1, 0.15) is 17.4 Å². The van der Waals surface area contributed by atoms with E-state index >= 15 is 0 Å². The van der Waals surface area contributed by atoms with Crippen LogP contribution in [0.4, 0.5) is 5.69 Å². The van der Waals surface area contributed by atoms with Gasteiger partial charge in [0.15, 0.2) is 5.84 Å². The third-order valence-electron chi connectivity index (χ3n) is 5.60. The Morgan fingerprint density at radius 1 is 1.08 bits per heavy atom. The number of para-hydroxylation sites is 1. The van der Waals surface area contributed by atoms with E-state index in [-0.39, 0.29) is 23.7 Å². The van der Waals surface area contributed by atoms with Gasteiger partial charge < -0.3 is 4.74 Å². The molecule has 0 atom stereocenters. The summed E-state index contributed by atoms with van der Waals surface area (Å²) < 4.78 is 5.71. The number of nitrogens with one attached hydrogen (secondary N) is 1. The zero-order valence-corrected chi connectivity index (χ0v) is 19.9. The molecule has 0 saturated heterocycles. The van der Waals surface area contributed by atoms with Crippen LogP contribution in [-0.4, -0.2) is 31.9 Å². The van der Waals surface area contributed by atoms with Crippen molar-refractivity contribution in [3.63, 3.8) is 0 Å². The Balaban J connectivity index is 1.32. The van der Waals surface area contributed by atoms with Crippen LogP contribution in [0, 0.1) is 22.4 Å². The average molecular weight is 498 g/mol. The highest BCUT2D eigenvalue weighted by atomic mass is 32.2. The molecule has 0 spiro atoms. The van der Waals surface area contributed by atoms with Crippen molar-refractivity contribution in [2.24, 2.45) is 10.1 Å². The molecule has 3 aromatic carbocycles. The molecule has 1 amide bonds. The summed E-state index contributed by atoms with van der Waals surface area (Å²) in [6.45, 7) is 2.03. The summed E-state index contributed by atoms with van der Waals surface area (Å²) in [5.41, 5.74) is 3.25. The first-order chi connectivity index (χ1) is 17.4. The number of aliphatic imine (C=N–C) groups is 1. The van der Waals surface area contributed by atoms with Crippen LogP contribution < -0.4 is 4.74 Å². The average Bonchev–Trinajstić information content (AvgIpc) is 3.30. The summed E-state index contributed by atoms with van der Waals surface area (Å²) in [7, 11) is 0. The Hall–Kier alpha value is -4.57. The molecule has 9 nitrogen and oxygen atoms in total. The lowest BCUT2D eigenvalue weighted by molar-refractivity contribution is -0.385. The maximum atomic E-state index is 12.7. The molecule has 0 aromatic heterocycles. The predicted molar refractivity (Wildman–Crippen MR) is 139 cm³/mol. The van der Waals surface area contributed by atoms with E-state index in [1.807, 2.05) is 31.2 Å². The van der Waals surface area contributed by atoms with Crippen molar-refractivity contribution in [1.82, 2.24) is 5.01 Å². The van der Waals surface area contributed by atoms with E-state index in [9.17, 15) is 14.9 Å². The zero-order valence-electron chi connectivity index (χ0n) is 19.0. The van der Waals surface area contributed by atoms with Gasteiger partial charge >= 0.3 is 0 Å². The van der Waals surface area contributed by atoms with E-state index in [0.717, 1.165) is 11.1 Å². The Labute approximate surface area is 210 Å². The van der Waals surface area contributed by atoms with E-state index in [2.05, 4.69) is 10.1 Å². The van der Waals surface area contributed by atoms with Gasteiger partial charge in [-0.1, -0.05) is 48.5 Å². The molecule has 0 saturated carbocycles. The second kappa shape index (κ2) is 9.59. The minimum Gasteiger partial charge on any atom is -0.489 e. The summed E-state index contributed by atoms with van der Waals surface area (Å²) in [4.78, 5) is 27.6. The smallest absolute Gasteiger partial charge is 0.283 e. The Morgan fingerprint density at radius 3 is 2.56 bits per heavy atom. The number of rotatable bonds is 6. The minimum atomic E-state index is -0.503. The van der Waals surface area contributed by atoms with Crippen molar-refractivity contribution >= 4 is 45.5 Å². The summed E-state index contributed by atoms with van der Waals surface area (Å²) in [5, 5.41) is 26.7. The Morgan fingerprint density at radius 2 is 1.81 bits per heavy atom. The molecule has 5 rings (SSSR count). The van der Waals surface area contributed by atoms with Crippen molar-refractivity contribution in [1.29, 1.82) is 5.41 Å². The van der Waals surface area contributed by atoms with Gasteiger partial charge in [0, 0.05) is 11.6 Å². The van der Waals surface area contributed by atoms with E-state index in [1.54, 1.807) is 48.5 Å². The van der Waals surface area contributed by atoms with E-state index in [0.29, 0.717) is 27.1 Å². The number of nitro groups is 1. The van der Waals surface area contributed by atoms with Crippen LogP contribution in [-0.2, 0) is 11.4 Å². The normalized spacial score (nSPS) is 16.0. The molecule has 0 unspecified atom stereocenters. The fourth-order valence-corrected chi connectivity index (χ4v) is 4.69. The van der Waals surface area contributed by atoms with Crippen LogP contribution >= 0.6 is 11.8 Å². The third-order valence-corrected chi connectivity index (χ3v) is 6.55. The Bertz CT molecular complexity index is 1490. The van der Waals surface area contributed by atoms with Gasteiger partial charge in [-0.3, -0.25) is 20.3 Å². The molecular weight excluding hydrogens is 478 g/mol. The van der Waals surface area contributed by atoms with Gasteiger partial charge in [0.05, 0.1) is 16.1 Å². The van der Waals surface area contributed by atoms with Gasteiger partial charge in [-0.05, 0) is 54.1 Å². The van der Waals surface area contributed by atoms with Crippen LogP contribution in [0.1, 0.15) is 22.3 Å². The summed E-state index contributed by atoms with van der Waals surface area (Å²) in [6, 6.07) is 21.1. The number of thioether (sulfide) groups is 1. The van der Waals surface area contributed by atoms with E-state index in [1.165, 1.54) is 22.8 Å². The highest BCUT2D eigenvalue weighted by Gasteiger charge is 2.36. The molecule has 2 aliphatic heterocycles. The molecule has 36 heavy (non-hydrogen) atoms. The van der Waals surface area contributed by atoms with Crippen LogP contribution in [0.5, 0.6) is 5.75 Å². The lowest BCUT2D eigenvalue weighted by Gasteiger charge is -2.20. The first-order valence-electron chi connectivity index (χ1n) is 10.9. The number of ether oxygens (including phenoxy) is 1. The predicted octanol–water partition coefficient (Wildman–Crippen LogP) is 5.15. The first-order valence-corrected chi connectivity index (χ1v) is 11.7. The molecule has 3 aromatic rings. The quantitative estimate of drug-likeness (QED) is 0.286. The Kier molecular flexibility index (Phi) is 6.17. The standard InChI is InChI=1S/C26H19N5O4S/c1-16-6-2-4-8-20(16)25-29-30-23(27)21(24(32)28-26(30)36-25)14-17-10-12-19(13-11-17)35-15-18-7-3-5-9-22(18)31(33)34/h2-14,27H,15H2,1H3/b21-14-,27-23?. The maximum absolute atomic E-state index is 12.7. The number of fused-ring (bicyclic) bond motifs is 1. The number of hydrazone groups is 1. The number of hydrogen-bond acceptors (Lipinski definition) is 7. The van der Waals surface area contributed by atoms with Crippen LogP contribution in [0.15, 0.2) is 88.5 Å². The topological polar surface area (TPSA) is 121 Å². The lowest BCUT2D eigenvalue weighted by Crippen LogP contribution is -2.35. The summed E-state index contributed by atoms with van der Waals surface area (Å²) in [6.07, 6.45) is 1.59. The number of hydrogen-bond donors (Lipinski definition) is 1. The first kappa shape index (κ1) is 23.2. The molecule has 178 valence electrons. The highest BCUT2D eigenvalue weighted by molar-refractivity contribution is 8.27. The van der Waals surface area contributed by atoms with Crippen molar-refractivity contribution in [3.05, 3.63) is 111 Å². The van der Waals surface area contributed by atoms with E-state index < -0.39 is 10.8 Å². The minimum absolute atomic E-state index is 0.00131. The van der Waals surface area contributed by atoms with Gasteiger partial charge in [0.25, 0.3) is 11.6 Å². The van der Waals surface area contributed by atoms with Crippen LogP contribution in [0.2, 0.25) is 0 Å². The molecule has 0 aliphatic carbocycles. The van der Waals surface area contributed by atoms with E-state index in [4.69, 9.17) is 10.1 Å². The number of amides is 1. The molecule has 2 heterocycles. The second-order valence-corrected chi connectivity index (χ2v) is 8.94. The van der Waals surface area contributed by atoms with Crippen molar-refractivity contribution in [3.8, 4) is 5.75 Å². The van der Waals surface area contributed by atoms with Gasteiger partial charge in [-0.25, -0.2) is 0 Å². The monoisotopic (exact) mass is 497 g/mol. The van der Waals surface area contributed by atoms with Gasteiger partial charge in [-0.2, -0.15) is 15.1 Å². The molecule has 2 aliphatic rings. The SMILES string of the molecule is Cc1ccccc1C1=NN2C(=N)/C(=C/c3ccc(OCc4ccccc4[N+](=O)[O-])cc3)C(=O)N=C2S1. The summed E-state index contributed by atoms with van der Waals surface area (Å²) >= 11 is 1.26. The van der Waals surface area contributed by atoms with Crippen molar-refractivity contribution < 1.29 is 14.5 Å². The maximum Gasteiger partial charge on any atom is 0.283 e. The lowest BCUT2D eigenvalue weighted by atomic mass is 10.1. The molecule has 10 heteroatoms. The number of nitro benzene ring substituents is 1. The molecule has 1 N–H and O–H groups in total. The number of nitrogens with zero attached hydrogens (tertiary/aromatic N) is 4. The molecular formula is C26H19N5O4S. The van der Waals surface area contributed by atoms with Crippen LogP contribution in [0.3, 0.4) is 0 Å². The van der Waals surface area contributed by atoms with Gasteiger partial charge in [0.2, 0.25) is 5.17 Å². The van der Waals surface area contributed by atoms with Crippen molar-refractivity contribution in [2.45, 2.75) is 13.5 Å². The molecule has 0 radical (unpaired) electrons. The highest BCUT2D eigenvalue weighted by Crippen LogP contribution is 2.32. The molecule has 0 fully saturated rings. The largest absolute Gasteiger partial charge is 0.489 e. The molecule has 0 bridgehead atoms. The number of carbonyl (C=O) groups excluding carboxylic acids is 1. The van der Waals surface area contributed by atoms with Gasteiger partial charge in [-0.15, -0.1) is 0 Å². The number of benzene rings is 3. The number of aryl methyl sites for hydroxylation is 1. The summed E-state index contributed by atoms with van der Waals surface area (Å²) in [5.74, 6) is -0.0291. The fraction of sp³-hybridized carbons (Fsp3) is 0.0769. The third kappa shape index (κ3) is 4.53. The number of amidine groups is 2. The fourth-order valence-electron chi connectivity index (χ4n) is 3.71. The van der Waals surface area contributed by atoms with Crippen LogP contribution in [0.25, 0.3) is 6.08 Å². The second-order valence-electron chi connectivity index (χ2n) is 7.98. The zero-order chi connectivity index (χ0) is 25.2. The number of carbonyl (C=O) groups is 1.